The van der Waals surface area contributed by atoms with Gasteiger partial charge in [0.05, 0.1) is 6.61 Å². The summed E-state index contributed by atoms with van der Waals surface area (Å²) in [7, 11) is 0. The molecule has 2 aliphatic rings. The number of rotatable bonds is 7. The molecule has 21 heavy (non-hydrogen) atoms. The first-order chi connectivity index (χ1) is 10.4. The van der Waals surface area contributed by atoms with Gasteiger partial charge in [-0.05, 0) is 42.0 Å². The first-order valence-corrected chi connectivity index (χ1v) is 8.27. The van der Waals surface area contributed by atoms with Crippen LogP contribution >= 0.6 is 0 Å². The van der Waals surface area contributed by atoms with Gasteiger partial charge in [0.15, 0.2) is 0 Å². The summed E-state index contributed by atoms with van der Waals surface area (Å²) in [6.45, 7) is 1.78. The van der Waals surface area contributed by atoms with Crippen molar-refractivity contribution in [2.24, 2.45) is 5.92 Å². The molecule has 0 atom stereocenters. The van der Waals surface area contributed by atoms with Crippen molar-refractivity contribution >= 4 is 10.8 Å². The van der Waals surface area contributed by atoms with E-state index in [0.29, 0.717) is 0 Å². The normalized spacial score (nSPS) is 18.1. The van der Waals surface area contributed by atoms with E-state index in [2.05, 4.69) is 41.7 Å². The van der Waals surface area contributed by atoms with E-state index in [-0.39, 0.29) is 0 Å². The third-order valence-corrected chi connectivity index (χ3v) is 4.62. The summed E-state index contributed by atoms with van der Waals surface area (Å²) >= 11 is 0. The lowest BCUT2D eigenvalue weighted by atomic mass is 10.0. The lowest BCUT2D eigenvalue weighted by molar-refractivity contribution is 0.299. The van der Waals surface area contributed by atoms with Gasteiger partial charge in [0.2, 0.25) is 0 Å². The molecule has 110 valence electrons. The molecule has 2 aromatic rings. The first kappa shape index (κ1) is 13.1. The van der Waals surface area contributed by atoms with Crippen molar-refractivity contribution < 1.29 is 4.74 Å². The Bertz CT molecular complexity index is 628. The summed E-state index contributed by atoms with van der Waals surface area (Å²) < 4.78 is 6.11. The summed E-state index contributed by atoms with van der Waals surface area (Å²) in [5.41, 5.74) is 1.33. The van der Waals surface area contributed by atoms with E-state index in [1.165, 1.54) is 48.4 Å². The first-order valence-electron chi connectivity index (χ1n) is 8.27. The van der Waals surface area contributed by atoms with Crippen molar-refractivity contribution in [3.05, 3.63) is 42.0 Å². The summed E-state index contributed by atoms with van der Waals surface area (Å²) in [4.78, 5) is 0. The van der Waals surface area contributed by atoms with Crippen LogP contribution < -0.4 is 10.1 Å². The van der Waals surface area contributed by atoms with Gasteiger partial charge in [-0.15, -0.1) is 0 Å². The molecule has 0 saturated heterocycles. The Morgan fingerprint density at radius 1 is 1.00 bits per heavy atom. The Balaban J connectivity index is 1.57. The molecule has 2 heteroatoms. The van der Waals surface area contributed by atoms with Crippen molar-refractivity contribution in [3.63, 3.8) is 0 Å². The minimum atomic E-state index is 0.725. The van der Waals surface area contributed by atoms with E-state index < -0.39 is 0 Å². The monoisotopic (exact) mass is 281 g/mol. The maximum atomic E-state index is 6.11. The third-order valence-electron chi connectivity index (χ3n) is 4.62. The van der Waals surface area contributed by atoms with Crippen molar-refractivity contribution in [2.75, 3.05) is 6.61 Å². The van der Waals surface area contributed by atoms with Crippen LogP contribution in [0.5, 0.6) is 5.75 Å². The molecule has 0 amide bonds. The highest BCUT2D eigenvalue weighted by Gasteiger charge is 2.22. The van der Waals surface area contributed by atoms with Gasteiger partial charge >= 0.3 is 0 Å². The molecule has 0 heterocycles. The fourth-order valence-electron chi connectivity index (χ4n) is 2.91. The quantitative estimate of drug-likeness (QED) is 0.818. The molecule has 4 rings (SSSR count). The fraction of sp³-hybridized carbons (Fsp3) is 0.474. The van der Waals surface area contributed by atoms with E-state index in [1.54, 1.807) is 0 Å². The standard InChI is InChI=1S/C19H23NO/c1-2-4-17-15(3-1)7-10-19(21-12-11-14-5-6-14)18(17)13-20-16-8-9-16/h1-4,7,10,14,16,20H,5-6,8-9,11-13H2. The Kier molecular flexibility index (Phi) is 3.56. The number of benzene rings is 2. The summed E-state index contributed by atoms with van der Waals surface area (Å²) in [5, 5.41) is 6.27. The van der Waals surface area contributed by atoms with Gasteiger partial charge in [-0.1, -0.05) is 43.2 Å². The third kappa shape index (κ3) is 3.21. The number of nitrogens with one attached hydrogen (secondary N) is 1. The van der Waals surface area contributed by atoms with Crippen molar-refractivity contribution in [2.45, 2.75) is 44.7 Å². The maximum absolute atomic E-state index is 6.11. The zero-order valence-corrected chi connectivity index (χ0v) is 12.5. The fourth-order valence-corrected chi connectivity index (χ4v) is 2.91. The number of hydrogen-bond acceptors (Lipinski definition) is 2. The maximum Gasteiger partial charge on any atom is 0.124 e. The number of fused-ring (bicyclic) bond motifs is 1. The molecule has 0 spiro atoms. The molecule has 2 fully saturated rings. The Hall–Kier alpha value is -1.54. The van der Waals surface area contributed by atoms with Crippen LogP contribution in [0.1, 0.15) is 37.7 Å². The van der Waals surface area contributed by atoms with Gasteiger partial charge in [-0.25, -0.2) is 0 Å². The molecule has 0 radical (unpaired) electrons. The smallest absolute Gasteiger partial charge is 0.124 e. The van der Waals surface area contributed by atoms with E-state index in [1.807, 2.05) is 0 Å². The SMILES string of the molecule is c1ccc2c(CNC3CC3)c(OCCC3CC3)ccc2c1. The molecule has 0 bridgehead atoms. The molecule has 0 unspecified atom stereocenters. The zero-order valence-electron chi connectivity index (χ0n) is 12.5. The number of ether oxygens (including phenoxy) is 1. The molecular weight excluding hydrogens is 258 g/mol. The second-order valence-electron chi connectivity index (χ2n) is 6.50. The number of hydrogen-bond donors (Lipinski definition) is 1. The van der Waals surface area contributed by atoms with Crippen molar-refractivity contribution in [3.8, 4) is 5.75 Å². The second kappa shape index (κ2) is 5.69. The second-order valence-corrected chi connectivity index (χ2v) is 6.50. The van der Waals surface area contributed by atoms with Crippen LogP contribution in [0.3, 0.4) is 0 Å². The van der Waals surface area contributed by atoms with E-state index in [9.17, 15) is 0 Å². The van der Waals surface area contributed by atoms with Crippen LogP contribution in [-0.2, 0) is 6.54 Å². The van der Waals surface area contributed by atoms with Gasteiger partial charge in [0.25, 0.3) is 0 Å². The average molecular weight is 281 g/mol. The van der Waals surface area contributed by atoms with Crippen LogP contribution in [0.2, 0.25) is 0 Å². The van der Waals surface area contributed by atoms with Gasteiger partial charge in [-0.3, -0.25) is 0 Å². The topological polar surface area (TPSA) is 21.3 Å². The molecule has 2 saturated carbocycles. The minimum Gasteiger partial charge on any atom is -0.493 e. The van der Waals surface area contributed by atoms with E-state index in [0.717, 1.165) is 30.9 Å². The molecule has 1 N–H and O–H groups in total. The van der Waals surface area contributed by atoms with E-state index in [4.69, 9.17) is 4.74 Å². The van der Waals surface area contributed by atoms with Crippen LogP contribution in [0, 0.1) is 5.92 Å². The Morgan fingerprint density at radius 3 is 2.67 bits per heavy atom. The highest BCUT2D eigenvalue weighted by atomic mass is 16.5. The van der Waals surface area contributed by atoms with Crippen LogP contribution in [0.4, 0.5) is 0 Å². The average Bonchev–Trinajstić information content (AvgIpc) is 3.40. The molecular formula is C19H23NO. The Labute approximate surface area is 126 Å². The van der Waals surface area contributed by atoms with Crippen molar-refractivity contribution in [1.29, 1.82) is 0 Å². The minimum absolute atomic E-state index is 0.725. The van der Waals surface area contributed by atoms with Gasteiger partial charge in [0.1, 0.15) is 5.75 Å². The highest BCUT2D eigenvalue weighted by Crippen LogP contribution is 2.33. The predicted octanol–water partition coefficient (Wildman–Crippen LogP) is 4.27. The largest absolute Gasteiger partial charge is 0.493 e. The van der Waals surface area contributed by atoms with Crippen molar-refractivity contribution in [1.82, 2.24) is 5.32 Å². The zero-order chi connectivity index (χ0) is 14.1. The summed E-state index contributed by atoms with van der Waals surface area (Å²) in [6, 6.07) is 13.7. The molecule has 2 aliphatic carbocycles. The summed E-state index contributed by atoms with van der Waals surface area (Å²) in [5.74, 6) is 2.00. The Morgan fingerprint density at radius 2 is 1.86 bits per heavy atom. The molecule has 2 aromatic carbocycles. The predicted molar refractivity (Wildman–Crippen MR) is 86.6 cm³/mol. The van der Waals surface area contributed by atoms with Gasteiger partial charge in [-0.2, -0.15) is 0 Å². The molecule has 0 aliphatic heterocycles. The van der Waals surface area contributed by atoms with Crippen LogP contribution in [0.25, 0.3) is 10.8 Å². The van der Waals surface area contributed by atoms with Gasteiger partial charge < -0.3 is 10.1 Å². The van der Waals surface area contributed by atoms with Crippen LogP contribution in [0.15, 0.2) is 36.4 Å². The summed E-state index contributed by atoms with van der Waals surface area (Å²) in [6.07, 6.45) is 6.65. The molecule has 2 nitrogen and oxygen atoms in total. The highest BCUT2D eigenvalue weighted by molar-refractivity contribution is 5.87. The lowest BCUT2D eigenvalue weighted by Gasteiger charge is -2.15. The lowest BCUT2D eigenvalue weighted by Crippen LogP contribution is -2.16. The molecule has 0 aromatic heterocycles. The van der Waals surface area contributed by atoms with Gasteiger partial charge in [0, 0.05) is 18.2 Å². The van der Waals surface area contributed by atoms with Crippen LogP contribution in [-0.4, -0.2) is 12.6 Å². The van der Waals surface area contributed by atoms with E-state index >= 15 is 0 Å².